The van der Waals surface area contributed by atoms with Crippen molar-refractivity contribution in [3.63, 3.8) is 0 Å². The van der Waals surface area contributed by atoms with Crippen molar-refractivity contribution >= 4 is 23.7 Å². The molecule has 1 unspecified atom stereocenters. The molecule has 0 radical (unpaired) electrons. The van der Waals surface area contributed by atoms with Gasteiger partial charge in [0.25, 0.3) is 5.91 Å². The van der Waals surface area contributed by atoms with Crippen molar-refractivity contribution in [2.24, 2.45) is 0 Å². The first-order valence-corrected chi connectivity index (χ1v) is 9.91. The predicted octanol–water partition coefficient (Wildman–Crippen LogP) is 4.61. The van der Waals surface area contributed by atoms with Crippen molar-refractivity contribution in [2.45, 2.75) is 57.7 Å². The van der Waals surface area contributed by atoms with Gasteiger partial charge in [-0.3, -0.25) is 4.79 Å². The van der Waals surface area contributed by atoms with Gasteiger partial charge in [-0.15, -0.1) is 0 Å². The highest BCUT2D eigenvalue weighted by molar-refractivity contribution is 8.04. The molecule has 27 heavy (non-hydrogen) atoms. The van der Waals surface area contributed by atoms with Crippen LogP contribution in [0.2, 0.25) is 0 Å². The second kappa shape index (κ2) is 6.75. The summed E-state index contributed by atoms with van der Waals surface area (Å²) in [5, 5.41) is 13.6. The van der Waals surface area contributed by atoms with Crippen LogP contribution in [0, 0.1) is 0 Å². The number of hydrogen-bond donors (Lipinski definition) is 3. The van der Waals surface area contributed by atoms with Crippen molar-refractivity contribution in [2.75, 3.05) is 0 Å². The Bertz CT molecular complexity index is 852. The minimum Gasteiger partial charge on any atom is -0.507 e. The molecule has 0 bridgehead atoms. The lowest BCUT2D eigenvalue weighted by Gasteiger charge is -2.28. The Labute approximate surface area is 164 Å². The minimum atomic E-state index is -0.208. The third-order valence-corrected chi connectivity index (χ3v) is 5.68. The molecular formula is C21H27N3O2S. The van der Waals surface area contributed by atoms with Gasteiger partial charge in [-0.05, 0) is 34.6 Å². The van der Waals surface area contributed by atoms with Crippen LogP contribution in [0.15, 0.2) is 29.4 Å². The summed E-state index contributed by atoms with van der Waals surface area (Å²) in [6.45, 7) is 12.5. The van der Waals surface area contributed by atoms with Gasteiger partial charge < -0.3 is 15.4 Å². The van der Waals surface area contributed by atoms with Gasteiger partial charge in [0.05, 0.1) is 4.91 Å². The molecule has 2 aromatic rings. The molecule has 1 aliphatic rings. The second-order valence-electron chi connectivity index (χ2n) is 8.92. The van der Waals surface area contributed by atoms with Crippen molar-refractivity contribution in [1.82, 2.24) is 15.3 Å². The quantitative estimate of drug-likeness (QED) is 0.660. The van der Waals surface area contributed by atoms with E-state index >= 15 is 0 Å². The average molecular weight is 386 g/mol. The Hall–Kier alpha value is -2.21. The molecular weight excluding hydrogens is 358 g/mol. The van der Waals surface area contributed by atoms with Crippen LogP contribution >= 0.6 is 11.8 Å². The smallest absolute Gasteiger partial charge is 0.259 e. The maximum Gasteiger partial charge on any atom is 0.259 e. The fourth-order valence-corrected chi connectivity index (χ4v) is 4.11. The number of rotatable bonds is 2. The lowest BCUT2D eigenvalue weighted by Crippen LogP contribution is -2.19. The van der Waals surface area contributed by atoms with E-state index in [4.69, 9.17) is 0 Å². The van der Waals surface area contributed by atoms with Gasteiger partial charge in [0, 0.05) is 23.5 Å². The van der Waals surface area contributed by atoms with Crippen LogP contribution in [-0.4, -0.2) is 21.0 Å². The zero-order valence-corrected chi connectivity index (χ0v) is 17.5. The number of phenolic OH excluding ortho intramolecular Hbond substituents is 1. The SMILES string of the molecule is CC(C)(C)c1cc(/C=C2/SC(c3ncc[nH]3)NC2=O)cc(C(C)(C)C)c1O. The predicted molar refractivity (Wildman–Crippen MR) is 111 cm³/mol. The lowest BCUT2D eigenvalue weighted by molar-refractivity contribution is -0.116. The number of benzene rings is 1. The van der Waals surface area contributed by atoms with E-state index in [0.29, 0.717) is 10.7 Å². The number of thioether (sulfide) groups is 1. The summed E-state index contributed by atoms with van der Waals surface area (Å²) in [5.41, 5.74) is 2.27. The summed E-state index contributed by atoms with van der Waals surface area (Å²) in [6.07, 6.45) is 5.32. The Morgan fingerprint density at radius 2 is 1.70 bits per heavy atom. The van der Waals surface area contributed by atoms with E-state index in [0.717, 1.165) is 22.5 Å². The molecule has 5 nitrogen and oxygen atoms in total. The number of nitrogens with zero attached hydrogens (tertiary/aromatic N) is 1. The first-order chi connectivity index (χ1) is 12.5. The Balaban J connectivity index is 2.04. The molecule has 1 aromatic heterocycles. The zero-order chi connectivity index (χ0) is 20.0. The molecule has 0 spiro atoms. The molecule has 3 N–H and O–H groups in total. The van der Waals surface area contributed by atoms with Gasteiger partial charge in [0.1, 0.15) is 16.9 Å². The fraction of sp³-hybridized carbons (Fsp3) is 0.429. The number of aromatic amines is 1. The number of hydrogen-bond acceptors (Lipinski definition) is 4. The maximum absolute atomic E-state index is 12.4. The molecule has 0 aliphatic carbocycles. The number of carbonyl (C=O) groups is 1. The molecule has 0 saturated carbocycles. The highest BCUT2D eigenvalue weighted by Crippen LogP contribution is 2.42. The van der Waals surface area contributed by atoms with Gasteiger partial charge in [-0.2, -0.15) is 0 Å². The van der Waals surface area contributed by atoms with E-state index < -0.39 is 0 Å². The Kier molecular flexibility index (Phi) is 4.89. The van der Waals surface area contributed by atoms with Crippen molar-refractivity contribution < 1.29 is 9.90 Å². The van der Waals surface area contributed by atoms with Gasteiger partial charge in [0.2, 0.25) is 0 Å². The molecule has 1 fully saturated rings. The van der Waals surface area contributed by atoms with E-state index in [2.05, 4.69) is 56.8 Å². The van der Waals surface area contributed by atoms with E-state index in [1.807, 2.05) is 18.2 Å². The molecule has 2 heterocycles. The van der Waals surface area contributed by atoms with Crippen LogP contribution in [-0.2, 0) is 15.6 Å². The van der Waals surface area contributed by atoms with Crippen molar-refractivity contribution in [1.29, 1.82) is 0 Å². The maximum atomic E-state index is 12.4. The van der Waals surface area contributed by atoms with Crippen LogP contribution < -0.4 is 5.32 Å². The molecule has 1 aliphatic heterocycles. The lowest BCUT2D eigenvalue weighted by atomic mass is 9.78. The number of nitrogens with one attached hydrogen (secondary N) is 2. The first kappa shape index (κ1) is 19.5. The standard InChI is InChI=1S/C21H27N3O2S/c1-20(2,3)13-9-12(10-14(16(13)25)21(4,5)6)11-15-18(26)24-19(27-15)17-22-7-8-23-17/h7-11,19,25H,1-6H3,(H,22,23)(H,24,26)/b15-11+. The number of imidazole rings is 1. The van der Waals surface area contributed by atoms with Crippen LogP contribution in [0.1, 0.15) is 69.4 Å². The van der Waals surface area contributed by atoms with E-state index in [9.17, 15) is 9.90 Å². The molecule has 1 saturated heterocycles. The van der Waals surface area contributed by atoms with Gasteiger partial charge in [0.15, 0.2) is 0 Å². The number of aromatic hydroxyl groups is 1. The number of phenols is 1. The monoisotopic (exact) mass is 385 g/mol. The number of carbonyl (C=O) groups excluding carboxylic acids is 1. The molecule has 1 aromatic carbocycles. The molecule has 1 amide bonds. The average Bonchev–Trinajstić information content (AvgIpc) is 3.17. The van der Waals surface area contributed by atoms with E-state index in [1.54, 1.807) is 12.4 Å². The molecule has 1 atom stereocenters. The Morgan fingerprint density at radius 3 is 2.19 bits per heavy atom. The fourth-order valence-electron chi connectivity index (χ4n) is 3.08. The topological polar surface area (TPSA) is 78.0 Å². The van der Waals surface area contributed by atoms with Gasteiger partial charge in [-0.25, -0.2) is 4.98 Å². The number of amides is 1. The molecule has 144 valence electrons. The zero-order valence-electron chi connectivity index (χ0n) is 16.7. The van der Waals surface area contributed by atoms with Crippen LogP contribution in [0.3, 0.4) is 0 Å². The summed E-state index contributed by atoms with van der Waals surface area (Å²) < 4.78 is 0. The summed E-state index contributed by atoms with van der Waals surface area (Å²) in [4.78, 5) is 20.3. The third-order valence-electron chi connectivity index (χ3n) is 4.54. The molecule has 6 heteroatoms. The summed E-state index contributed by atoms with van der Waals surface area (Å²) in [7, 11) is 0. The van der Waals surface area contributed by atoms with Crippen LogP contribution in [0.4, 0.5) is 0 Å². The third kappa shape index (κ3) is 4.05. The first-order valence-electron chi connectivity index (χ1n) is 9.03. The van der Waals surface area contributed by atoms with E-state index in [1.165, 1.54) is 11.8 Å². The van der Waals surface area contributed by atoms with Gasteiger partial charge >= 0.3 is 0 Å². The Morgan fingerprint density at radius 1 is 1.11 bits per heavy atom. The number of H-pyrrole nitrogens is 1. The highest BCUT2D eigenvalue weighted by atomic mass is 32.2. The van der Waals surface area contributed by atoms with Crippen LogP contribution in [0.5, 0.6) is 5.75 Å². The highest BCUT2D eigenvalue weighted by Gasteiger charge is 2.31. The largest absolute Gasteiger partial charge is 0.507 e. The van der Waals surface area contributed by atoms with E-state index in [-0.39, 0.29) is 22.1 Å². The normalized spacial score (nSPS) is 19.6. The minimum absolute atomic E-state index is 0.107. The summed E-state index contributed by atoms with van der Waals surface area (Å²) in [5.74, 6) is 0.964. The van der Waals surface area contributed by atoms with Gasteiger partial charge in [-0.1, -0.05) is 53.3 Å². The van der Waals surface area contributed by atoms with Crippen molar-refractivity contribution in [3.05, 3.63) is 51.9 Å². The summed E-state index contributed by atoms with van der Waals surface area (Å²) in [6, 6.07) is 3.96. The van der Waals surface area contributed by atoms with Crippen molar-refractivity contribution in [3.8, 4) is 5.75 Å². The summed E-state index contributed by atoms with van der Waals surface area (Å²) >= 11 is 1.45. The molecule has 3 rings (SSSR count). The number of aromatic nitrogens is 2. The van der Waals surface area contributed by atoms with Crippen LogP contribution in [0.25, 0.3) is 6.08 Å². The second-order valence-corrected chi connectivity index (χ2v) is 10.1.